The number of esters is 1. The van der Waals surface area contributed by atoms with E-state index in [1.54, 1.807) is 0 Å². The zero-order valence-electron chi connectivity index (χ0n) is 32.1. The molecule has 0 aromatic rings. The maximum absolute atomic E-state index is 12.7. The molecule has 0 amide bonds. The molecule has 0 saturated heterocycles. The second kappa shape index (κ2) is 31.1. The molecule has 0 spiro atoms. The van der Waals surface area contributed by atoms with E-state index in [1.165, 1.54) is 51.4 Å². The second-order valence-corrected chi connectivity index (χ2v) is 15.5. The number of phosphoric ester groups is 1. The highest BCUT2D eigenvalue weighted by atomic mass is 31.2. The Morgan fingerprint density at radius 2 is 1.06 bits per heavy atom. The molecular weight excluding hydrogens is 691 g/mol. The summed E-state index contributed by atoms with van der Waals surface area (Å²) in [5.41, 5.74) is 0. The number of carbonyl (C=O) groups is 1. The first-order chi connectivity index (χ1) is 25.0. The number of ether oxygens (including phenoxy) is 2. The van der Waals surface area contributed by atoms with Gasteiger partial charge < -0.3 is 39.9 Å². The van der Waals surface area contributed by atoms with Crippen molar-refractivity contribution in [3.05, 3.63) is 24.3 Å². The van der Waals surface area contributed by atoms with Crippen molar-refractivity contribution in [1.82, 2.24) is 0 Å². The molecule has 1 aliphatic rings. The Labute approximate surface area is 313 Å². The van der Waals surface area contributed by atoms with E-state index in [0.29, 0.717) is 13.0 Å². The predicted octanol–water partition coefficient (Wildman–Crippen LogP) is 6.97. The SMILES string of the molecule is CCC/C=C\CCCCCCCCOCC(COP(=O)(O)OC1C(O)C(O)C(O)C(O)C1O)OC(=O)CCCCCCC/C=C\CCCCCCC. The van der Waals surface area contributed by atoms with Gasteiger partial charge in [-0.2, -0.15) is 0 Å². The molecule has 6 atom stereocenters. The molecule has 1 saturated carbocycles. The third-order valence-electron chi connectivity index (χ3n) is 9.28. The fraction of sp³-hybridized carbons (Fsp3) is 0.872. The third-order valence-corrected chi connectivity index (χ3v) is 10.3. The van der Waals surface area contributed by atoms with E-state index in [-0.39, 0.29) is 13.0 Å². The Balaban J connectivity index is 2.47. The second-order valence-electron chi connectivity index (χ2n) is 14.1. The van der Waals surface area contributed by atoms with Gasteiger partial charge in [0.25, 0.3) is 0 Å². The number of unbranched alkanes of at least 4 members (excludes halogenated alkanes) is 17. The Morgan fingerprint density at radius 1 is 0.596 bits per heavy atom. The summed E-state index contributed by atoms with van der Waals surface area (Å²) in [7, 11) is -5.01. The molecular formula is C39H73O12P. The molecule has 52 heavy (non-hydrogen) atoms. The lowest BCUT2D eigenvalue weighted by Gasteiger charge is -2.41. The fourth-order valence-electron chi connectivity index (χ4n) is 6.00. The van der Waals surface area contributed by atoms with Crippen molar-refractivity contribution in [2.45, 2.75) is 198 Å². The molecule has 6 N–H and O–H groups in total. The Kier molecular flexibility index (Phi) is 29.2. The van der Waals surface area contributed by atoms with Gasteiger partial charge in [-0.3, -0.25) is 13.8 Å². The average molecular weight is 765 g/mol. The lowest BCUT2D eigenvalue weighted by molar-refractivity contribution is -0.220. The van der Waals surface area contributed by atoms with Crippen LogP contribution in [0.4, 0.5) is 0 Å². The lowest BCUT2D eigenvalue weighted by atomic mass is 9.85. The number of aliphatic hydroxyl groups is 5. The fourth-order valence-corrected chi connectivity index (χ4v) is 6.97. The van der Waals surface area contributed by atoms with Gasteiger partial charge in [0.05, 0.1) is 13.2 Å². The summed E-state index contributed by atoms with van der Waals surface area (Å²) >= 11 is 0. The molecule has 6 unspecified atom stereocenters. The molecule has 0 aromatic heterocycles. The highest BCUT2D eigenvalue weighted by Crippen LogP contribution is 2.47. The normalized spacial score (nSPS) is 24.1. The Hall–Kier alpha value is -1.18. The van der Waals surface area contributed by atoms with Crippen molar-refractivity contribution in [2.75, 3.05) is 19.8 Å². The van der Waals surface area contributed by atoms with Crippen LogP contribution in [0.15, 0.2) is 24.3 Å². The van der Waals surface area contributed by atoms with Gasteiger partial charge in [-0.25, -0.2) is 4.57 Å². The molecule has 12 nitrogen and oxygen atoms in total. The van der Waals surface area contributed by atoms with Crippen molar-refractivity contribution in [3.8, 4) is 0 Å². The molecule has 0 bridgehead atoms. The van der Waals surface area contributed by atoms with Crippen LogP contribution in [0.25, 0.3) is 0 Å². The quantitative estimate of drug-likeness (QED) is 0.0174. The molecule has 306 valence electrons. The molecule has 1 rings (SSSR count). The van der Waals surface area contributed by atoms with Crippen LogP contribution in [0.1, 0.15) is 155 Å². The largest absolute Gasteiger partial charge is 0.472 e. The van der Waals surface area contributed by atoms with E-state index in [0.717, 1.165) is 77.0 Å². The number of rotatable bonds is 33. The average Bonchev–Trinajstić information content (AvgIpc) is 3.12. The zero-order valence-corrected chi connectivity index (χ0v) is 33.0. The molecule has 0 aromatic carbocycles. The van der Waals surface area contributed by atoms with Gasteiger partial charge in [-0.05, 0) is 57.8 Å². The molecule has 1 fully saturated rings. The van der Waals surface area contributed by atoms with E-state index in [1.807, 2.05) is 0 Å². The smallest absolute Gasteiger partial charge is 0.457 e. The molecule has 0 aliphatic heterocycles. The number of phosphoric acid groups is 1. The molecule has 1 aliphatic carbocycles. The predicted molar refractivity (Wildman–Crippen MR) is 203 cm³/mol. The highest BCUT2D eigenvalue weighted by molar-refractivity contribution is 7.47. The van der Waals surface area contributed by atoms with Crippen LogP contribution in [0, 0.1) is 0 Å². The number of hydrogen-bond donors (Lipinski definition) is 6. The number of allylic oxidation sites excluding steroid dienone is 4. The van der Waals surface area contributed by atoms with E-state index in [9.17, 15) is 39.8 Å². The minimum absolute atomic E-state index is 0.0829. The summed E-state index contributed by atoms with van der Waals surface area (Å²) in [6.45, 7) is 4.15. The van der Waals surface area contributed by atoms with Crippen LogP contribution < -0.4 is 0 Å². The first kappa shape index (κ1) is 48.8. The molecule has 0 heterocycles. The first-order valence-electron chi connectivity index (χ1n) is 20.2. The van der Waals surface area contributed by atoms with Crippen LogP contribution in [-0.4, -0.2) is 98.9 Å². The van der Waals surface area contributed by atoms with Crippen molar-refractivity contribution < 1.29 is 58.3 Å². The van der Waals surface area contributed by atoms with Gasteiger partial charge in [0.15, 0.2) is 0 Å². The van der Waals surface area contributed by atoms with Gasteiger partial charge in [0.1, 0.15) is 42.7 Å². The summed E-state index contributed by atoms with van der Waals surface area (Å²) in [6.07, 6.45) is 19.7. The minimum Gasteiger partial charge on any atom is -0.457 e. The monoisotopic (exact) mass is 764 g/mol. The standard InChI is InChI=1S/C39H73O12P/c1-3-5-7-9-11-13-15-16-17-18-20-22-24-26-28-33(40)50-32(30-48-29-27-25-23-21-19-14-12-10-8-6-4-2)31-49-52(46,47)51-39-37(44)35(42)34(41)36(43)38(39)45/h8,10,15-16,32,34-39,41-45H,3-7,9,11-14,17-31H2,1-2H3,(H,46,47)/b10-8-,16-15-. The van der Waals surface area contributed by atoms with E-state index in [2.05, 4.69) is 38.2 Å². The van der Waals surface area contributed by atoms with Crippen LogP contribution in [0.5, 0.6) is 0 Å². The topological polar surface area (TPSA) is 192 Å². The Bertz CT molecular complexity index is 963. The van der Waals surface area contributed by atoms with Gasteiger partial charge in [0, 0.05) is 13.0 Å². The van der Waals surface area contributed by atoms with Gasteiger partial charge in [0.2, 0.25) is 0 Å². The maximum atomic E-state index is 12.7. The van der Waals surface area contributed by atoms with E-state index < -0.39 is 63.1 Å². The van der Waals surface area contributed by atoms with Crippen molar-refractivity contribution >= 4 is 13.8 Å². The van der Waals surface area contributed by atoms with Crippen molar-refractivity contribution in [2.24, 2.45) is 0 Å². The van der Waals surface area contributed by atoms with E-state index in [4.69, 9.17) is 18.5 Å². The van der Waals surface area contributed by atoms with Crippen LogP contribution in [0.3, 0.4) is 0 Å². The first-order valence-corrected chi connectivity index (χ1v) is 21.7. The molecule has 0 radical (unpaired) electrons. The zero-order chi connectivity index (χ0) is 38.5. The summed E-state index contributed by atoms with van der Waals surface area (Å²) in [4.78, 5) is 23.0. The summed E-state index contributed by atoms with van der Waals surface area (Å²) < 4.78 is 34.0. The summed E-state index contributed by atoms with van der Waals surface area (Å²) in [5.74, 6) is -0.490. The van der Waals surface area contributed by atoms with Crippen molar-refractivity contribution in [3.63, 3.8) is 0 Å². The van der Waals surface area contributed by atoms with Crippen LogP contribution in [-0.2, 0) is 27.9 Å². The van der Waals surface area contributed by atoms with Crippen LogP contribution in [0.2, 0.25) is 0 Å². The molecule has 13 heteroatoms. The third kappa shape index (κ3) is 23.6. The minimum atomic E-state index is -5.01. The van der Waals surface area contributed by atoms with Gasteiger partial charge in [-0.15, -0.1) is 0 Å². The number of carbonyl (C=O) groups excluding carboxylic acids is 1. The highest BCUT2D eigenvalue weighted by Gasteiger charge is 2.51. The Morgan fingerprint density at radius 3 is 1.60 bits per heavy atom. The number of hydrogen-bond acceptors (Lipinski definition) is 11. The number of aliphatic hydroxyl groups excluding tert-OH is 5. The van der Waals surface area contributed by atoms with Crippen molar-refractivity contribution in [1.29, 1.82) is 0 Å². The summed E-state index contributed by atoms with van der Waals surface area (Å²) in [6, 6.07) is 0. The van der Waals surface area contributed by atoms with Crippen LogP contribution >= 0.6 is 7.82 Å². The van der Waals surface area contributed by atoms with E-state index >= 15 is 0 Å². The van der Waals surface area contributed by atoms with Gasteiger partial charge >= 0.3 is 13.8 Å². The lowest BCUT2D eigenvalue weighted by Crippen LogP contribution is -2.64. The van der Waals surface area contributed by atoms with Gasteiger partial charge in [-0.1, -0.05) is 115 Å². The maximum Gasteiger partial charge on any atom is 0.472 e. The summed E-state index contributed by atoms with van der Waals surface area (Å²) in [5, 5.41) is 50.0.